The van der Waals surface area contributed by atoms with Gasteiger partial charge in [-0.3, -0.25) is 4.79 Å². The normalized spacial score (nSPS) is 20.0. The van der Waals surface area contributed by atoms with Crippen molar-refractivity contribution in [2.45, 2.75) is 56.7 Å². The van der Waals surface area contributed by atoms with E-state index < -0.39 is 17.3 Å². The Morgan fingerprint density at radius 3 is 2.46 bits per heavy atom. The summed E-state index contributed by atoms with van der Waals surface area (Å²) in [5, 5.41) is 3.65. The lowest BCUT2D eigenvalue weighted by atomic mass is 9.75. The van der Waals surface area contributed by atoms with Crippen molar-refractivity contribution in [2.24, 2.45) is 0 Å². The van der Waals surface area contributed by atoms with Gasteiger partial charge in [-0.2, -0.15) is 13.2 Å². The molecule has 1 aliphatic carbocycles. The maximum Gasteiger partial charge on any atom is 0.417 e. The molecule has 0 atom stereocenters. The molecule has 0 bridgehead atoms. The number of hydrogen-bond donors (Lipinski definition) is 2. The number of hydrogen-bond acceptors (Lipinski definition) is 2. The lowest BCUT2D eigenvalue weighted by Gasteiger charge is -2.43. The number of benzene rings is 1. The molecule has 0 unspecified atom stereocenters. The number of aryl methyl sites for hydroxylation is 1. The molecule has 2 N–H and O–H groups in total. The van der Waals surface area contributed by atoms with Crippen LogP contribution in [0.2, 0.25) is 0 Å². The van der Waals surface area contributed by atoms with Crippen LogP contribution in [0.3, 0.4) is 0 Å². The molecule has 2 aromatic rings. The molecule has 3 nitrogen and oxygen atoms in total. The van der Waals surface area contributed by atoms with Gasteiger partial charge in [0.25, 0.3) is 0 Å². The van der Waals surface area contributed by atoms with Gasteiger partial charge in [-0.05, 0) is 43.4 Å². The zero-order chi connectivity index (χ0) is 16.9. The van der Waals surface area contributed by atoms with E-state index in [1.54, 1.807) is 12.1 Å². The van der Waals surface area contributed by atoms with E-state index in [9.17, 15) is 18.0 Å². The molecule has 1 aliphatic heterocycles. The first-order valence-corrected chi connectivity index (χ1v) is 8.42. The molecule has 1 saturated carbocycles. The van der Waals surface area contributed by atoms with E-state index in [0.717, 1.165) is 36.9 Å². The third-order valence-corrected chi connectivity index (χ3v) is 5.46. The van der Waals surface area contributed by atoms with Crippen molar-refractivity contribution in [3.63, 3.8) is 0 Å². The summed E-state index contributed by atoms with van der Waals surface area (Å²) in [4.78, 5) is 14.2. The largest absolute Gasteiger partial charge is 0.417 e. The Morgan fingerprint density at radius 2 is 1.75 bits per heavy atom. The Labute approximate surface area is 137 Å². The van der Waals surface area contributed by atoms with Crippen LogP contribution in [0.1, 0.15) is 49.7 Å². The molecule has 24 heavy (non-hydrogen) atoms. The van der Waals surface area contributed by atoms with E-state index in [1.807, 2.05) is 0 Å². The number of alkyl halides is 3. The molecule has 0 saturated heterocycles. The fourth-order valence-electron chi connectivity index (χ4n) is 4.23. The summed E-state index contributed by atoms with van der Waals surface area (Å²) in [5.41, 5.74) is 0.497. The lowest BCUT2D eigenvalue weighted by molar-refractivity contribution is -0.136. The second-order valence-corrected chi connectivity index (χ2v) is 7.07. The van der Waals surface area contributed by atoms with Gasteiger partial charge in [0.2, 0.25) is 5.56 Å². The minimum absolute atomic E-state index is 0.0703. The second-order valence-electron chi connectivity index (χ2n) is 7.07. The van der Waals surface area contributed by atoms with E-state index in [1.165, 1.54) is 19.3 Å². The predicted molar refractivity (Wildman–Crippen MR) is 87.3 cm³/mol. The number of halogens is 3. The summed E-state index contributed by atoms with van der Waals surface area (Å²) in [5.74, 6) is 0. The van der Waals surface area contributed by atoms with Crippen LogP contribution in [-0.4, -0.2) is 10.5 Å². The third-order valence-electron chi connectivity index (χ3n) is 5.46. The third kappa shape index (κ3) is 2.58. The molecule has 1 fully saturated rings. The van der Waals surface area contributed by atoms with Gasteiger partial charge in [-0.15, -0.1) is 0 Å². The van der Waals surface area contributed by atoms with Crippen LogP contribution >= 0.6 is 0 Å². The zero-order valence-electron chi connectivity index (χ0n) is 13.2. The Bertz CT molecular complexity index is 848. The first-order chi connectivity index (χ1) is 11.4. The number of H-pyrrole nitrogens is 1. The molecule has 2 aliphatic rings. The first kappa shape index (κ1) is 15.5. The Kier molecular flexibility index (Phi) is 3.41. The van der Waals surface area contributed by atoms with Crippen LogP contribution < -0.4 is 10.9 Å². The fourth-order valence-corrected chi connectivity index (χ4v) is 4.23. The number of nitrogens with one attached hydrogen (secondary N) is 2. The van der Waals surface area contributed by atoms with Crippen LogP contribution in [0, 0.1) is 0 Å². The number of fused-ring (bicyclic) bond motifs is 2. The first-order valence-electron chi connectivity index (χ1n) is 8.42. The van der Waals surface area contributed by atoms with Gasteiger partial charge in [0.1, 0.15) is 0 Å². The molecular weight excluding hydrogens is 317 g/mol. The average Bonchev–Trinajstić information content (AvgIpc) is 2.52. The van der Waals surface area contributed by atoms with Crippen LogP contribution in [0.5, 0.6) is 0 Å². The monoisotopic (exact) mass is 336 g/mol. The summed E-state index contributed by atoms with van der Waals surface area (Å²) >= 11 is 0. The smallest absolute Gasteiger partial charge is 0.379 e. The van der Waals surface area contributed by atoms with Crippen molar-refractivity contribution in [1.82, 2.24) is 4.98 Å². The molecule has 4 rings (SSSR count). The molecular formula is C18H19F3N2O. The topological polar surface area (TPSA) is 44.9 Å². The number of rotatable bonds is 0. The van der Waals surface area contributed by atoms with Crippen molar-refractivity contribution in [3.05, 3.63) is 39.7 Å². The Balaban J connectivity index is 1.84. The lowest BCUT2D eigenvalue weighted by Crippen LogP contribution is -2.43. The van der Waals surface area contributed by atoms with Crippen molar-refractivity contribution in [1.29, 1.82) is 0 Å². The number of anilines is 1. The average molecular weight is 336 g/mol. The molecule has 6 heteroatoms. The van der Waals surface area contributed by atoms with Crippen LogP contribution in [0.4, 0.5) is 18.9 Å². The summed E-state index contributed by atoms with van der Waals surface area (Å²) in [6.07, 6.45) is 3.01. The maximum atomic E-state index is 13.2. The van der Waals surface area contributed by atoms with E-state index >= 15 is 0 Å². The molecule has 2 heterocycles. The van der Waals surface area contributed by atoms with Gasteiger partial charge in [-0.1, -0.05) is 19.3 Å². The highest BCUT2D eigenvalue weighted by molar-refractivity contribution is 5.87. The second kappa shape index (κ2) is 5.26. The van der Waals surface area contributed by atoms with Crippen LogP contribution in [0.15, 0.2) is 23.0 Å². The summed E-state index contributed by atoms with van der Waals surface area (Å²) < 4.78 is 39.7. The molecule has 0 radical (unpaired) electrons. The van der Waals surface area contributed by atoms with Crippen molar-refractivity contribution >= 4 is 16.6 Å². The van der Waals surface area contributed by atoms with Crippen molar-refractivity contribution < 1.29 is 13.2 Å². The quantitative estimate of drug-likeness (QED) is 0.738. The standard InChI is InChI=1S/C18H19F3N2O/c19-18(20,21)13-9-16(24)22-15-10-14-11(8-12(13)15)4-7-17(23-14)5-2-1-3-6-17/h8-10,23H,1-7H2,(H,22,24). The number of pyridine rings is 1. The van der Waals surface area contributed by atoms with Gasteiger partial charge in [-0.25, -0.2) is 0 Å². The highest BCUT2D eigenvalue weighted by atomic mass is 19.4. The van der Waals surface area contributed by atoms with E-state index in [4.69, 9.17) is 0 Å². The van der Waals surface area contributed by atoms with Gasteiger partial charge in [0.15, 0.2) is 0 Å². The minimum atomic E-state index is -4.53. The minimum Gasteiger partial charge on any atom is -0.379 e. The number of aromatic amines is 1. The van der Waals surface area contributed by atoms with E-state index in [0.29, 0.717) is 6.07 Å². The van der Waals surface area contributed by atoms with Crippen LogP contribution in [-0.2, 0) is 12.6 Å². The number of aromatic nitrogens is 1. The van der Waals surface area contributed by atoms with Crippen LogP contribution in [0.25, 0.3) is 10.9 Å². The van der Waals surface area contributed by atoms with Gasteiger partial charge < -0.3 is 10.3 Å². The molecule has 1 aromatic heterocycles. The van der Waals surface area contributed by atoms with Crippen molar-refractivity contribution in [3.8, 4) is 0 Å². The summed E-state index contributed by atoms with van der Waals surface area (Å²) in [6, 6.07) is 3.91. The predicted octanol–water partition coefficient (Wildman–Crippen LogP) is 4.61. The zero-order valence-corrected chi connectivity index (χ0v) is 13.2. The Hall–Kier alpha value is -1.98. The van der Waals surface area contributed by atoms with Gasteiger partial charge in [0, 0.05) is 22.7 Å². The van der Waals surface area contributed by atoms with E-state index in [-0.39, 0.29) is 16.4 Å². The summed E-state index contributed by atoms with van der Waals surface area (Å²) in [6.45, 7) is 0. The Morgan fingerprint density at radius 1 is 1.00 bits per heavy atom. The molecule has 128 valence electrons. The maximum absolute atomic E-state index is 13.2. The highest BCUT2D eigenvalue weighted by Gasteiger charge is 2.37. The van der Waals surface area contributed by atoms with Gasteiger partial charge in [0.05, 0.1) is 11.1 Å². The van der Waals surface area contributed by atoms with Gasteiger partial charge >= 0.3 is 6.18 Å². The highest BCUT2D eigenvalue weighted by Crippen LogP contribution is 2.42. The molecule has 1 aromatic carbocycles. The van der Waals surface area contributed by atoms with E-state index in [2.05, 4.69) is 10.3 Å². The summed E-state index contributed by atoms with van der Waals surface area (Å²) in [7, 11) is 0. The fraction of sp³-hybridized carbons (Fsp3) is 0.500. The SMILES string of the molecule is O=c1cc(C(F)(F)F)c2cc3c(cc2[nH]1)NC1(CCCCC1)CC3. The van der Waals surface area contributed by atoms with Crippen molar-refractivity contribution in [2.75, 3.05) is 5.32 Å². The molecule has 1 spiro atoms. The molecule has 0 amide bonds.